The van der Waals surface area contributed by atoms with Crippen LogP contribution in [0.2, 0.25) is 5.02 Å². The molecule has 2 heterocycles. The summed E-state index contributed by atoms with van der Waals surface area (Å²) in [5.74, 6) is -0.262. The van der Waals surface area contributed by atoms with E-state index in [-0.39, 0.29) is 17.8 Å². The summed E-state index contributed by atoms with van der Waals surface area (Å²) in [5.41, 5.74) is 1.85. The van der Waals surface area contributed by atoms with Crippen molar-refractivity contribution in [3.8, 4) is 5.88 Å². The van der Waals surface area contributed by atoms with E-state index in [4.69, 9.17) is 11.6 Å². The summed E-state index contributed by atoms with van der Waals surface area (Å²) in [7, 11) is 0. The molecule has 1 aliphatic heterocycles. The number of aromatic hydroxyl groups is 1. The van der Waals surface area contributed by atoms with Crippen LogP contribution in [-0.4, -0.2) is 15.6 Å². The van der Waals surface area contributed by atoms with Crippen molar-refractivity contribution in [2.75, 3.05) is 0 Å². The second kappa shape index (κ2) is 5.21. The van der Waals surface area contributed by atoms with Gasteiger partial charge in [0.05, 0.1) is 22.0 Å². The Morgan fingerprint density at radius 3 is 2.67 bits per heavy atom. The van der Waals surface area contributed by atoms with Crippen molar-refractivity contribution in [3.63, 3.8) is 0 Å². The molecule has 1 N–H and O–H groups in total. The zero-order valence-corrected chi connectivity index (χ0v) is 14.0. The number of fused-ring (bicyclic) bond motifs is 2. The van der Waals surface area contributed by atoms with Crippen molar-refractivity contribution in [1.82, 2.24) is 4.57 Å². The maximum Gasteiger partial charge on any atom is 0.279 e. The SMILES string of the molecule is CC(C)n1c(O)c(C2=c3ccc(Cl)cc3=NC2=O)c2ccccc21. The van der Waals surface area contributed by atoms with E-state index in [1.54, 1.807) is 18.2 Å². The second-order valence-corrected chi connectivity index (χ2v) is 6.57. The maximum atomic E-state index is 12.6. The van der Waals surface area contributed by atoms with E-state index in [1.807, 2.05) is 42.7 Å². The summed E-state index contributed by atoms with van der Waals surface area (Å²) in [6.07, 6.45) is 0. The largest absolute Gasteiger partial charge is 0.494 e. The van der Waals surface area contributed by atoms with E-state index in [0.717, 1.165) is 10.9 Å². The summed E-state index contributed by atoms with van der Waals surface area (Å²) in [6, 6.07) is 12.9. The molecule has 3 aromatic rings. The molecular formula is C19H15ClN2O2. The van der Waals surface area contributed by atoms with Crippen LogP contribution < -0.4 is 10.6 Å². The standard InChI is InChI=1S/C19H15ClN2O2/c1-10(2)22-15-6-4-3-5-13(15)17(19(22)24)16-12-8-7-11(20)9-14(12)21-18(16)23/h3-10,24H,1-2H3. The van der Waals surface area contributed by atoms with Crippen LogP contribution in [0, 0.1) is 0 Å². The molecule has 0 saturated heterocycles. The molecule has 0 radical (unpaired) electrons. The van der Waals surface area contributed by atoms with Crippen LogP contribution in [-0.2, 0) is 4.79 Å². The summed E-state index contributed by atoms with van der Waals surface area (Å²) >= 11 is 6.00. The third-order valence-electron chi connectivity index (χ3n) is 4.32. The number of benzene rings is 2. The Hall–Kier alpha value is -2.59. The van der Waals surface area contributed by atoms with Crippen molar-refractivity contribution >= 4 is 34.0 Å². The Labute approximate surface area is 143 Å². The average Bonchev–Trinajstić information content (AvgIpc) is 2.99. The lowest BCUT2D eigenvalue weighted by molar-refractivity contribution is -0.112. The van der Waals surface area contributed by atoms with Gasteiger partial charge in [0.2, 0.25) is 5.88 Å². The molecule has 5 heteroatoms. The number of para-hydroxylation sites is 1. The molecule has 0 fully saturated rings. The number of hydrogen-bond donors (Lipinski definition) is 1. The van der Waals surface area contributed by atoms with Gasteiger partial charge in [-0.25, -0.2) is 4.99 Å². The van der Waals surface area contributed by atoms with Crippen molar-refractivity contribution in [3.05, 3.63) is 63.6 Å². The van der Waals surface area contributed by atoms with E-state index < -0.39 is 0 Å². The number of rotatable bonds is 2. The molecule has 1 aliphatic rings. The normalized spacial score (nSPS) is 13.7. The van der Waals surface area contributed by atoms with Crippen LogP contribution in [0.1, 0.15) is 25.5 Å². The third kappa shape index (κ3) is 2.00. The van der Waals surface area contributed by atoms with Gasteiger partial charge in [-0.2, -0.15) is 0 Å². The Kier molecular flexibility index (Phi) is 3.25. The first kappa shape index (κ1) is 15.0. The van der Waals surface area contributed by atoms with Crippen molar-refractivity contribution in [1.29, 1.82) is 0 Å². The minimum absolute atomic E-state index is 0.0578. The summed E-state index contributed by atoms with van der Waals surface area (Å²) in [5, 5.41) is 13.5. The number of amides is 1. The molecule has 1 aromatic heterocycles. The highest BCUT2D eigenvalue weighted by Crippen LogP contribution is 2.38. The molecule has 0 atom stereocenters. The van der Waals surface area contributed by atoms with E-state index in [9.17, 15) is 9.90 Å². The number of hydrogen-bond acceptors (Lipinski definition) is 2. The van der Waals surface area contributed by atoms with Gasteiger partial charge in [-0.1, -0.05) is 35.9 Å². The highest BCUT2D eigenvalue weighted by Gasteiger charge is 2.27. The first-order valence-corrected chi connectivity index (χ1v) is 8.12. The smallest absolute Gasteiger partial charge is 0.279 e. The molecule has 0 unspecified atom stereocenters. The average molecular weight is 339 g/mol. The van der Waals surface area contributed by atoms with Crippen LogP contribution in [0.15, 0.2) is 47.5 Å². The van der Waals surface area contributed by atoms with E-state index in [0.29, 0.717) is 26.7 Å². The van der Waals surface area contributed by atoms with E-state index in [1.165, 1.54) is 0 Å². The Morgan fingerprint density at radius 2 is 1.92 bits per heavy atom. The van der Waals surface area contributed by atoms with Gasteiger partial charge in [-0.15, -0.1) is 0 Å². The predicted octanol–water partition coefficient (Wildman–Crippen LogP) is 2.94. The minimum Gasteiger partial charge on any atom is -0.494 e. The van der Waals surface area contributed by atoms with Crippen molar-refractivity contribution < 1.29 is 9.90 Å². The monoisotopic (exact) mass is 338 g/mol. The molecule has 1 amide bonds. The van der Waals surface area contributed by atoms with Gasteiger partial charge in [0.15, 0.2) is 0 Å². The van der Waals surface area contributed by atoms with Crippen LogP contribution >= 0.6 is 11.6 Å². The highest BCUT2D eigenvalue weighted by molar-refractivity contribution is 6.30. The minimum atomic E-state index is -0.353. The lowest BCUT2D eigenvalue weighted by Crippen LogP contribution is -2.22. The Morgan fingerprint density at radius 1 is 1.17 bits per heavy atom. The first-order chi connectivity index (χ1) is 11.5. The highest BCUT2D eigenvalue weighted by atomic mass is 35.5. The fourth-order valence-corrected chi connectivity index (χ4v) is 3.52. The number of nitrogens with zero attached hydrogens (tertiary/aromatic N) is 2. The number of carbonyl (C=O) groups excluding carboxylic acids is 1. The van der Waals surface area contributed by atoms with Gasteiger partial charge in [0.25, 0.3) is 5.91 Å². The summed E-state index contributed by atoms with van der Waals surface area (Å²) in [4.78, 5) is 16.6. The van der Waals surface area contributed by atoms with E-state index in [2.05, 4.69) is 4.99 Å². The molecule has 24 heavy (non-hydrogen) atoms. The summed E-state index contributed by atoms with van der Waals surface area (Å²) in [6.45, 7) is 3.99. The fraction of sp³-hybridized carbons (Fsp3) is 0.158. The lowest BCUT2D eigenvalue weighted by atomic mass is 10.0. The molecular weight excluding hydrogens is 324 g/mol. The fourth-order valence-electron chi connectivity index (χ4n) is 3.35. The number of carbonyl (C=O) groups is 1. The maximum absolute atomic E-state index is 12.6. The Balaban J connectivity index is 2.18. The quantitative estimate of drug-likeness (QED) is 0.781. The van der Waals surface area contributed by atoms with Crippen molar-refractivity contribution in [2.45, 2.75) is 19.9 Å². The topological polar surface area (TPSA) is 54.6 Å². The van der Waals surface area contributed by atoms with Gasteiger partial charge in [-0.05, 0) is 32.0 Å². The number of aromatic nitrogens is 1. The third-order valence-corrected chi connectivity index (χ3v) is 4.55. The lowest BCUT2D eigenvalue weighted by Gasteiger charge is -2.11. The van der Waals surface area contributed by atoms with Gasteiger partial charge in [-0.3, -0.25) is 4.79 Å². The van der Waals surface area contributed by atoms with Gasteiger partial charge >= 0.3 is 0 Å². The molecule has 0 aliphatic carbocycles. The van der Waals surface area contributed by atoms with Gasteiger partial charge in [0, 0.05) is 21.7 Å². The second-order valence-electron chi connectivity index (χ2n) is 6.13. The molecule has 2 aromatic carbocycles. The molecule has 0 spiro atoms. The first-order valence-electron chi connectivity index (χ1n) is 7.74. The Bertz CT molecular complexity index is 1130. The number of halogens is 1. The zero-order chi connectivity index (χ0) is 17.0. The molecule has 4 nitrogen and oxygen atoms in total. The molecule has 4 rings (SSSR count). The molecule has 0 saturated carbocycles. The molecule has 120 valence electrons. The summed E-state index contributed by atoms with van der Waals surface area (Å²) < 4.78 is 1.83. The zero-order valence-electron chi connectivity index (χ0n) is 13.2. The van der Waals surface area contributed by atoms with Crippen LogP contribution in [0.5, 0.6) is 5.88 Å². The van der Waals surface area contributed by atoms with Crippen LogP contribution in [0.4, 0.5) is 0 Å². The van der Waals surface area contributed by atoms with Crippen LogP contribution in [0.3, 0.4) is 0 Å². The van der Waals surface area contributed by atoms with Gasteiger partial charge < -0.3 is 9.67 Å². The predicted molar refractivity (Wildman–Crippen MR) is 93.7 cm³/mol. The van der Waals surface area contributed by atoms with Crippen LogP contribution in [0.25, 0.3) is 16.5 Å². The molecule has 0 bridgehead atoms. The van der Waals surface area contributed by atoms with Gasteiger partial charge in [0.1, 0.15) is 0 Å². The van der Waals surface area contributed by atoms with Crippen molar-refractivity contribution in [2.24, 2.45) is 4.99 Å². The van der Waals surface area contributed by atoms with E-state index >= 15 is 0 Å².